The van der Waals surface area contributed by atoms with Crippen LogP contribution < -0.4 is 10.2 Å². The van der Waals surface area contributed by atoms with E-state index in [1.807, 2.05) is 6.07 Å². The lowest BCUT2D eigenvalue weighted by Gasteiger charge is -2.33. The molecule has 5 nitrogen and oxygen atoms in total. The second-order valence-corrected chi connectivity index (χ2v) is 6.55. The van der Waals surface area contributed by atoms with E-state index in [4.69, 9.17) is 0 Å². The van der Waals surface area contributed by atoms with Crippen molar-refractivity contribution in [1.29, 1.82) is 0 Å². The normalized spacial score (nSPS) is 15.2. The summed E-state index contributed by atoms with van der Waals surface area (Å²) in [5, 5.41) is 6.97. The molecule has 5 heteroatoms. The highest BCUT2D eigenvalue weighted by atomic mass is 16.2. The van der Waals surface area contributed by atoms with Gasteiger partial charge >= 0.3 is 0 Å². The van der Waals surface area contributed by atoms with Crippen LogP contribution in [0.1, 0.15) is 37.7 Å². The van der Waals surface area contributed by atoms with Crippen LogP contribution in [-0.2, 0) is 17.9 Å². The maximum atomic E-state index is 11.9. The zero-order valence-corrected chi connectivity index (χ0v) is 14.3. The molecule has 0 aliphatic heterocycles. The van der Waals surface area contributed by atoms with E-state index in [9.17, 15) is 4.79 Å². The van der Waals surface area contributed by atoms with Gasteiger partial charge in [0.1, 0.15) is 6.54 Å². The summed E-state index contributed by atoms with van der Waals surface area (Å²) in [5.41, 5.74) is 2.37. The van der Waals surface area contributed by atoms with Gasteiger partial charge in [0.2, 0.25) is 5.91 Å². The van der Waals surface area contributed by atoms with Gasteiger partial charge in [-0.2, -0.15) is 5.10 Å². The van der Waals surface area contributed by atoms with E-state index in [2.05, 4.69) is 46.6 Å². The molecule has 1 aliphatic rings. The maximum Gasteiger partial charge on any atom is 0.241 e. The molecule has 0 saturated heterocycles. The number of anilines is 1. The highest BCUT2D eigenvalue weighted by Gasteiger charge is 2.18. The van der Waals surface area contributed by atoms with Gasteiger partial charge in [-0.1, -0.05) is 31.4 Å². The van der Waals surface area contributed by atoms with Crippen molar-refractivity contribution in [3.63, 3.8) is 0 Å². The van der Waals surface area contributed by atoms with Crippen LogP contribution in [0.4, 0.5) is 5.69 Å². The first-order valence-corrected chi connectivity index (χ1v) is 8.78. The average Bonchev–Trinajstić information content (AvgIpc) is 3.13. The summed E-state index contributed by atoms with van der Waals surface area (Å²) >= 11 is 0. The Morgan fingerprint density at radius 2 is 2.00 bits per heavy atom. The minimum absolute atomic E-state index is 0.0258. The topological polar surface area (TPSA) is 50.2 Å². The fourth-order valence-electron chi connectivity index (χ4n) is 3.33. The third-order valence-electron chi connectivity index (χ3n) is 4.82. The van der Waals surface area contributed by atoms with Gasteiger partial charge in [-0.05, 0) is 36.6 Å². The second kappa shape index (κ2) is 7.99. The first-order chi connectivity index (χ1) is 11.7. The summed E-state index contributed by atoms with van der Waals surface area (Å²) in [6, 6.07) is 11.0. The molecule has 1 saturated carbocycles. The maximum absolute atomic E-state index is 11.9. The van der Waals surface area contributed by atoms with Gasteiger partial charge in [-0.25, -0.2) is 0 Å². The first-order valence-electron chi connectivity index (χ1n) is 8.78. The zero-order chi connectivity index (χ0) is 16.8. The van der Waals surface area contributed by atoms with E-state index in [1.54, 1.807) is 17.1 Å². The van der Waals surface area contributed by atoms with E-state index in [0.717, 1.165) is 5.56 Å². The summed E-state index contributed by atoms with van der Waals surface area (Å²) in [5.74, 6) is -0.0258. The monoisotopic (exact) mass is 326 g/mol. The smallest absolute Gasteiger partial charge is 0.241 e. The van der Waals surface area contributed by atoms with E-state index in [1.165, 1.54) is 37.8 Å². The Labute approximate surface area is 143 Å². The largest absolute Gasteiger partial charge is 0.372 e. The lowest BCUT2D eigenvalue weighted by molar-refractivity contribution is -0.122. The molecular formula is C19H26N4O. The summed E-state index contributed by atoms with van der Waals surface area (Å²) in [7, 11) is 2.19. The summed E-state index contributed by atoms with van der Waals surface area (Å²) in [6.45, 7) is 0.809. The third-order valence-corrected chi connectivity index (χ3v) is 4.82. The summed E-state index contributed by atoms with van der Waals surface area (Å²) in [6.07, 6.45) is 10.1. The molecule has 0 unspecified atom stereocenters. The van der Waals surface area contributed by atoms with Crippen LogP contribution >= 0.6 is 0 Å². The van der Waals surface area contributed by atoms with Crippen LogP contribution in [0.2, 0.25) is 0 Å². The Kier molecular flexibility index (Phi) is 5.51. The van der Waals surface area contributed by atoms with Gasteiger partial charge in [0, 0.05) is 37.7 Å². The minimum atomic E-state index is -0.0258. The second-order valence-electron chi connectivity index (χ2n) is 6.55. The Balaban J connectivity index is 1.49. The van der Waals surface area contributed by atoms with Gasteiger partial charge in [0.15, 0.2) is 0 Å². The highest BCUT2D eigenvalue weighted by molar-refractivity contribution is 5.75. The Hall–Kier alpha value is -2.30. The molecule has 0 bridgehead atoms. The summed E-state index contributed by atoms with van der Waals surface area (Å²) < 4.78 is 1.62. The van der Waals surface area contributed by atoms with E-state index in [-0.39, 0.29) is 12.5 Å². The predicted molar refractivity (Wildman–Crippen MR) is 95.8 cm³/mol. The van der Waals surface area contributed by atoms with Crippen LogP contribution in [-0.4, -0.2) is 28.8 Å². The number of nitrogens with one attached hydrogen (secondary N) is 1. The van der Waals surface area contributed by atoms with Crippen LogP contribution in [0.15, 0.2) is 42.7 Å². The van der Waals surface area contributed by atoms with Crippen molar-refractivity contribution >= 4 is 11.6 Å². The molecule has 1 heterocycles. The standard InChI is InChI=1S/C19H26N4O/c1-22(17-6-3-2-4-7-17)18-10-8-16(9-11-18)14-20-19(24)15-23-13-5-12-21-23/h5,8-13,17H,2-4,6-7,14-15H2,1H3,(H,20,24). The molecule has 0 atom stereocenters. The average molecular weight is 326 g/mol. The molecule has 1 fully saturated rings. The number of carbonyl (C=O) groups is 1. The number of hydrogen-bond acceptors (Lipinski definition) is 3. The Morgan fingerprint density at radius 3 is 2.67 bits per heavy atom. The number of rotatable bonds is 6. The van der Waals surface area contributed by atoms with Gasteiger partial charge in [0.05, 0.1) is 0 Å². The van der Waals surface area contributed by atoms with Crippen molar-refractivity contribution in [3.8, 4) is 0 Å². The molecule has 24 heavy (non-hydrogen) atoms. The predicted octanol–water partition coefficient (Wildman–Crippen LogP) is 2.97. The zero-order valence-electron chi connectivity index (χ0n) is 14.3. The fourth-order valence-corrected chi connectivity index (χ4v) is 3.33. The fraction of sp³-hybridized carbons (Fsp3) is 0.474. The number of carbonyl (C=O) groups excluding carboxylic acids is 1. The quantitative estimate of drug-likeness (QED) is 0.888. The van der Waals surface area contributed by atoms with Crippen molar-refractivity contribution in [3.05, 3.63) is 48.3 Å². The number of nitrogens with zero attached hydrogens (tertiary/aromatic N) is 3. The number of hydrogen-bond donors (Lipinski definition) is 1. The minimum Gasteiger partial charge on any atom is -0.372 e. The molecule has 1 aliphatic carbocycles. The van der Waals surface area contributed by atoms with Crippen LogP contribution in [0.3, 0.4) is 0 Å². The molecule has 1 N–H and O–H groups in total. The molecule has 128 valence electrons. The van der Waals surface area contributed by atoms with E-state index < -0.39 is 0 Å². The SMILES string of the molecule is CN(c1ccc(CNC(=O)Cn2cccn2)cc1)C1CCCCC1. The molecule has 3 rings (SSSR count). The van der Waals surface area contributed by atoms with E-state index in [0.29, 0.717) is 12.6 Å². The van der Waals surface area contributed by atoms with Crippen LogP contribution in [0.25, 0.3) is 0 Å². The van der Waals surface area contributed by atoms with Crippen LogP contribution in [0.5, 0.6) is 0 Å². The number of benzene rings is 1. The summed E-state index contributed by atoms with van der Waals surface area (Å²) in [4.78, 5) is 14.3. The van der Waals surface area contributed by atoms with Crippen molar-refractivity contribution in [2.75, 3.05) is 11.9 Å². The first kappa shape index (κ1) is 16.6. The number of aromatic nitrogens is 2. The lowest BCUT2D eigenvalue weighted by Crippen LogP contribution is -2.33. The Morgan fingerprint density at radius 1 is 1.25 bits per heavy atom. The lowest BCUT2D eigenvalue weighted by atomic mass is 9.94. The van der Waals surface area contributed by atoms with Gasteiger partial charge in [-0.15, -0.1) is 0 Å². The van der Waals surface area contributed by atoms with E-state index >= 15 is 0 Å². The van der Waals surface area contributed by atoms with Gasteiger partial charge in [-0.3, -0.25) is 9.48 Å². The van der Waals surface area contributed by atoms with Crippen molar-refractivity contribution in [2.24, 2.45) is 0 Å². The van der Waals surface area contributed by atoms with Crippen molar-refractivity contribution < 1.29 is 4.79 Å². The van der Waals surface area contributed by atoms with Crippen molar-refractivity contribution in [1.82, 2.24) is 15.1 Å². The van der Waals surface area contributed by atoms with Crippen LogP contribution in [0, 0.1) is 0 Å². The number of amides is 1. The Bertz CT molecular complexity index is 630. The van der Waals surface area contributed by atoms with Crippen molar-refractivity contribution in [2.45, 2.75) is 51.2 Å². The molecule has 0 radical (unpaired) electrons. The van der Waals surface area contributed by atoms with Gasteiger partial charge in [0.25, 0.3) is 0 Å². The molecular weight excluding hydrogens is 300 g/mol. The molecule has 2 aromatic rings. The highest BCUT2D eigenvalue weighted by Crippen LogP contribution is 2.26. The molecule has 1 amide bonds. The van der Waals surface area contributed by atoms with Gasteiger partial charge < -0.3 is 10.2 Å². The third kappa shape index (κ3) is 4.37. The molecule has 0 spiro atoms. The molecule has 1 aromatic carbocycles. The molecule has 1 aromatic heterocycles.